The van der Waals surface area contributed by atoms with Crippen LogP contribution in [-0.4, -0.2) is 10.7 Å². The lowest BCUT2D eigenvalue weighted by Crippen LogP contribution is -2.08. The SMILES string of the molecule is CCC(CC(N=C(C)c1ccccc1)c1ccccc1)c1cc(-c2ccc(-c3ccccc3)cn2)cc(-c2cc3ccccc3c3ccccc23)c1. The number of aliphatic imine (C=N–C) groups is 1. The van der Waals surface area contributed by atoms with Crippen LogP contribution in [0.15, 0.2) is 187 Å². The Balaban J connectivity index is 1.27. The maximum absolute atomic E-state index is 5.41. The minimum atomic E-state index is 0.0169. The van der Waals surface area contributed by atoms with Gasteiger partial charge in [-0.3, -0.25) is 9.98 Å². The van der Waals surface area contributed by atoms with Crippen LogP contribution in [0.3, 0.4) is 0 Å². The number of nitrogens with zero attached hydrogens (tertiary/aromatic N) is 2. The highest BCUT2D eigenvalue weighted by atomic mass is 14.8. The van der Waals surface area contributed by atoms with Gasteiger partial charge in [-0.15, -0.1) is 0 Å². The lowest BCUT2D eigenvalue weighted by Gasteiger charge is -2.23. The van der Waals surface area contributed by atoms with Gasteiger partial charge < -0.3 is 0 Å². The van der Waals surface area contributed by atoms with Crippen LogP contribution in [0.4, 0.5) is 0 Å². The number of hydrogen-bond donors (Lipinski definition) is 0. The van der Waals surface area contributed by atoms with E-state index in [1.165, 1.54) is 49.4 Å². The fourth-order valence-electron chi connectivity index (χ4n) is 7.58. The van der Waals surface area contributed by atoms with Crippen LogP contribution in [0, 0.1) is 0 Å². The van der Waals surface area contributed by atoms with E-state index in [1.54, 1.807) is 0 Å². The van der Waals surface area contributed by atoms with Gasteiger partial charge >= 0.3 is 0 Å². The van der Waals surface area contributed by atoms with Crippen molar-refractivity contribution in [1.82, 2.24) is 4.98 Å². The minimum Gasteiger partial charge on any atom is -0.281 e. The smallest absolute Gasteiger partial charge is 0.0758 e. The van der Waals surface area contributed by atoms with Gasteiger partial charge in [0.25, 0.3) is 0 Å². The Kier molecular flexibility index (Phi) is 9.54. The highest BCUT2D eigenvalue weighted by Gasteiger charge is 2.21. The molecule has 2 unspecified atom stereocenters. The third-order valence-corrected chi connectivity index (χ3v) is 10.4. The summed E-state index contributed by atoms with van der Waals surface area (Å²) in [7, 11) is 0. The van der Waals surface area contributed by atoms with Gasteiger partial charge in [-0.05, 0) is 105 Å². The molecule has 252 valence electrons. The highest BCUT2D eigenvalue weighted by Crippen LogP contribution is 2.41. The average Bonchev–Trinajstić information content (AvgIpc) is 3.23. The van der Waals surface area contributed by atoms with Crippen molar-refractivity contribution >= 4 is 27.3 Å². The van der Waals surface area contributed by atoms with Crippen LogP contribution in [0.2, 0.25) is 0 Å². The normalized spacial score (nSPS) is 12.9. The van der Waals surface area contributed by atoms with E-state index in [4.69, 9.17) is 9.98 Å². The summed E-state index contributed by atoms with van der Waals surface area (Å²) in [5.74, 6) is 0.270. The number of pyridine rings is 1. The number of hydrogen-bond acceptors (Lipinski definition) is 2. The van der Waals surface area contributed by atoms with Crippen LogP contribution < -0.4 is 0 Å². The zero-order chi connectivity index (χ0) is 35.3. The van der Waals surface area contributed by atoms with E-state index in [-0.39, 0.29) is 12.0 Å². The quantitative estimate of drug-likeness (QED) is 0.105. The molecule has 0 bridgehead atoms. The molecule has 0 radical (unpaired) electrons. The molecule has 8 rings (SSSR count). The molecule has 2 atom stereocenters. The summed E-state index contributed by atoms with van der Waals surface area (Å²) in [6, 6.07) is 63.2. The molecule has 2 heteroatoms. The van der Waals surface area contributed by atoms with Gasteiger partial charge in [0, 0.05) is 23.0 Å². The molecule has 0 fully saturated rings. The maximum atomic E-state index is 5.41. The lowest BCUT2D eigenvalue weighted by molar-refractivity contribution is 0.532. The zero-order valence-electron chi connectivity index (χ0n) is 29.8. The largest absolute Gasteiger partial charge is 0.281 e. The summed E-state index contributed by atoms with van der Waals surface area (Å²) in [6.07, 6.45) is 3.89. The number of aromatic nitrogens is 1. The molecular weight excluding hydrogens is 629 g/mol. The first kappa shape index (κ1) is 33.0. The Labute approximate surface area is 307 Å². The van der Waals surface area contributed by atoms with Crippen molar-refractivity contribution in [3.63, 3.8) is 0 Å². The van der Waals surface area contributed by atoms with Gasteiger partial charge in [0.05, 0.1) is 11.7 Å². The molecule has 0 aliphatic carbocycles. The second kappa shape index (κ2) is 15.0. The Morgan fingerprint density at radius 1 is 0.538 bits per heavy atom. The Bertz CT molecular complexity index is 2470. The molecule has 0 saturated carbocycles. The van der Waals surface area contributed by atoms with Gasteiger partial charge in [-0.25, -0.2) is 0 Å². The summed E-state index contributed by atoms with van der Waals surface area (Å²) in [6.45, 7) is 4.45. The molecule has 8 aromatic rings. The highest BCUT2D eigenvalue weighted by molar-refractivity contribution is 6.13. The molecular formula is C50H42N2. The molecule has 0 amide bonds. The van der Waals surface area contributed by atoms with Crippen LogP contribution in [0.5, 0.6) is 0 Å². The molecule has 0 saturated heterocycles. The summed E-state index contributed by atoms with van der Waals surface area (Å²) in [5, 5.41) is 5.06. The zero-order valence-corrected chi connectivity index (χ0v) is 29.8. The van der Waals surface area contributed by atoms with Crippen molar-refractivity contribution in [3.8, 4) is 33.5 Å². The standard InChI is InChI=1S/C50H42N2/c1-3-36(33-50(39-21-11-6-12-22-39)52-35(2)37-17-7-4-8-18-37)42-29-43(48-32-40-23-13-14-24-45(40)46-25-15-16-26-47(46)48)31-44(30-42)49-28-27-41(34-51-49)38-19-9-5-10-20-38/h4-32,34,36,50H,3,33H2,1-2H3. The van der Waals surface area contributed by atoms with Crippen molar-refractivity contribution in [2.45, 2.75) is 38.6 Å². The van der Waals surface area contributed by atoms with Crippen molar-refractivity contribution < 1.29 is 0 Å². The van der Waals surface area contributed by atoms with E-state index in [1.807, 2.05) is 6.20 Å². The average molecular weight is 671 g/mol. The first-order valence-electron chi connectivity index (χ1n) is 18.4. The molecule has 7 aromatic carbocycles. The summed E-state index contributed by atoms with van der Waals surface area (Å²) >= 11 is 0. The predicted molar refractivity (Wildman–Crippen MR) is 221 cm³/mol. The lowest BCUT2D eigenvalue weighted by atomic mass is 9.84. The van der Waals surface area contributed by atoms with E-state index in [0.717, 1.165) is 40.9 Å². The first-order valence-corrected chi connectivity index (χ1v) is 18.4. The molecule has 0 aliphatic rings. The van der Waals surface area contributed by atoms with E-state index in [2.05, 4.69) is 190 Å². The van der Waals surface area contributed by atoms with Gasteiger partial charge in [0.1, 0.15) is 0 Å². The molecule has 0 aliphatic heterocycles. The van der Waals surface area contributed by atoms with Gasteiger partial charge in [0.15, 0.2) is 0 Å². The van der Waals surface area contributed by atoms with Crippen LogP contribution in [-0.2, 0) is 0 Å². The number of rotatable bonds is 10. The van der Waals surface area contributed by atoms with Crippen LogP contribution in [0.1, 0.15) is 55.3 Å². The molecule has 1 aromatic heterocycles. The van der Waals surface area contributed by atoms with Crippen LogP contribution >= 0.6 is 0 Å². The van der Waals surface area contributed by atoms with Gasteiger partial charge in [-0.1, -0.05) is 159 Å². The summed E-state index contributed by atoms with van der Waals surface area (Å²) in [4.78, 5) is 10.5. The minimum absolute atomic E-state index is 0.0169. The Hall–Kier alpha value is -6.12. The van der Waals surface area contributed by atoms with E-state index >= 15 is 0 Å². The fourth-order valence-corrected chi connectivity index (χ4v) is 7.58. The molecule has 52 heavy (non-hydrogen) atoms. The van der Waals surface area contributed by atoms with Crippen molar-refractivity contribution in [1.29, 1.82) is 0 Å². The summed E-state index contributed by atoms with van der Waals surface area (Å²) in [5.41, 5.74) is 11.6. The van der Waals surface area contributed by atoms with Gasteiger partial charge in [-0.2, -0.15) is 0 Å². The van der Waals surface area contributed by atoms with Gasteiger partial charge in [0.2, 0.25) is 0 Å². The van der Waals surface area contributed by atoms with Crippen molar-refractivity contribution in [3.05, 3.63) is 199 Å². The topological polar surface area (TPSA) is 25.2 Å². The summed E-state index contributed by atoms with van der Waals surface area (Å²) < 4.78 is 0. The maximum Gasteiger partial charge on any atom is 0.0758 e. The van der Waals surface area contributed by atoms with E-state index in [9.17, 15) is 0 Å². The molecule has 2 nitrogen and oxygen atoms in total. The Morgan fingerprint density at radius 3 is 1.88 bits per heavy atom. The van der Waals surface area contributed by atoms with Crippen molar-refractivity contribution in [2.75, 3.05) is 0 Å². The van der Waals surface area contributed by atoms with E-state index < -0.39 is 0 Å². The molecule has 0 spiro atoms. The van der Waals surface area contributed by atoms with E-state index in [0.29, 0.717) is 0 Å². The van der Waals surface area contributed by atoms with Crippen LogP contribution in [0.25, 0.3) is 55.1 Å². The second-order valence-electron chi connectivity index (χ2n) is 13.7. The third-order valence-electron chi connectivity index (χ3n) is 10.4. The first-order chi connectivity index (χ1) is 25.6. The fraction of sp³-hybridized carbons (Fsp3) is 0.120. The number of fused-ring (bicyclic) bond motifs is 3. The predicted octanol–water partition coefficient (Wildman–Crippen LogP) is 13.5. The number of benzene rings is 7. The molecule has 0 N–H and O–H groups in total. The monoisotopic (exact) mass is 670 g/mol. The third kappa shape index (κ3) is 6.93. The Morgan fingerprint density at radius 2 is 1.17 bits per heavy atom. The second-order valence-corrected chi connectivity index (χ2v) is 13.7. The van der Waals surface area contributed by atoms with Crippen molar-refractivity contribution in [2.24, 2.45) is 4.99 Å². The molecule has 1 heterocycles.